The minimum absolute atomic E-state index is 0.0243. The van der Waals surface area contributed by atoms with Gasteiger partial charge in [0.1, 0.15) is 12.7 Å². The number of terminal acetylenes is 1. The lowest BCUT2D eigenvalue weighted by atomic mass is 9.80. The number of rotatable bonds is 21. The van der Waals surface area contributed by atoms with Crippen LogP contribution in [0.4, 0.5) is 4.79 Å². The highest BCUT2D eigenvalue weighted by molar-refractivity contribution is 5.78. The molecule has 0 heterocycles. The monoisotopic (exact) mass is 599 g/mol. The van der Waals surface area contributed by atoms with Crippen LogP contribution in [0.5, 0.6) is 0 Å². The van der Waals surface area contributed by atoms with E-state index in [1.807, 2.05) is 13.8 Å². The summed E-state index contributed by atoms with van der Waals surface area (Å²) in [6.45, 7) is 8.45. The number of aliphatic imine (C=N–C) groups is 1. The zero-order valence-corrected chi connectivity index (χ0v) is 25.3. The predicted molar refractivity (Wildman–Crippen MR) is 155 cm³/mol. The van der Waals surface area contributed by atoms with Crippen molar-refractivity contribution < 1.29 is 42.8 Å². The second-order valence-electron chi connectivity index (χ2n) is 9.76. The maximum absolute atomic E-state index is 12.8. The smallest absolute Gasteiger partial charge is 0.407 e. The van der Waals surface area contributed by atoms with Crippen molar-refractivity contribution in [3.8, 4) is 12.3 Å². The van der Waals surface area contributed by atoms with Crippen LogP contribution in [0.1, 0.15) is 40.0 Å². The molecule has 0 aromatic carbocycles. The maximum Gasteiger partial charge on any atom is 0.407 e. The summed E-state index contributed by atoms with van der Waals surface area (Å²) in [6.07, 6.45) is 5.08. The Kier molecular flexibility index (Phi) is 18.9. The van der Waals surface area contributed by atoms with Crippen LogP contribution in [0.2, 0.25) is 0 Å². The minimum atomic E-state index is -0.941. The van der Waals surface area contributed by atoms with Crippen LogP contribution in [0, 0.1) is 30.1 Å². The first kappa shape index (κ1) is 36.9. The van der Waals surface area contributed by atoms with Crippen LogP contribution in [0.3, 0.4) is 0 Å². The molecular weight excluding hydrogens is 550 g/mol. The van der Waals surface area contributed by atoms with E-state index >= 15 is 0 Å². The number of hydrogen-bond acceptors (Lipinski definition) is 10. The van der Waals surface area contributed by atoms with Crippen LogP contribution >= 0.6 is 0 Å². The van der Waals surface area contributed by atoms with E-state index in [0.29, 0.717) is 39.6 Å². The van der Waals surface area contributed by atoms with Gasteiger partial charge in [0.25, 0.3) is 0 Å². The van der Waals surface area contributed by atoms with Gasteiger partial charge in [-0.3, -0.25) is 9.59 Å². The first-order valence-electron chi connectivity index (χ1n) is 14.3. The van der Waals surface area contributed by atoms with Gasteiger partial charge < -0.3 is 50.5 Å². The first-order chi connectivity index (χ1) is 20.2. The lowest BCUT2D eigenvalue weighted by Gasteiger charge is -2.36. The molecule has 0 spiro atoms. The molecule has 0 aromatic rings. The number of carbonyl (C=O) groups is 3. The van der Waals surface area contributed by atoms with Crippen molar-refractivity contribution in [2.45, 2.75) is 58.2 Å². The summed E-state index contributed by atoms with van der Waals surface area (Å²) in [5.74, 6) is 0.0460. The number of nitrogens with one attached hydrogen (secondary N) is 2. The summed E-state index contributed by atoms with van der Waals surface area (Å²) >= 11 is 0. The van der Waals surface area contributed by atoms with E-state index in [4.69, 9.17) is 46.3 Å². The topological polar surface area (TPSA) is 195 Å². The maximum atomic E-state index is 12.8. The normalized spacial score (nSPS) is 20.4. The van der Waals surface area contributed by atoms with Gasteiger partial charge >= 0.3 is 12.1 Å². The Hall–Kier alpha value is -3.12. The molecule has 6 N–H and O–H groups in total. The zero-order valence-electron chi connectivity index (χ0n) is 25.3. The third-order valence-corrected chi connectivity index (χ3v) is 6.94. The molecule has 2 amide bonds. The minimum Gasteiger partial charge on any atom is -0.469 e. The molecule has 1 aliphatic rings. The number of esters is 1. The van der Waals surface area contributed by atoms with Gasteiger partial charge in [-0.25, -0.2) is 9.79 Å². The highest BCUT2D eigenvalue weighted by Crippen LogP contribution is 2.41. The zero-order chi connectivity index (χ0) is 31.3. The van der Waals surface area contributed by atoms with Crippen molar-refractivity contribution in [3.05, 3.63) is 0 Å². The van der Waals surface area contributed by atoms with Crippen LogP contribution < -0.4 is 22.1 Å². The van der Waals surface area contributed by atoms with Gasteiger partial charge in [-0.1, -0.05) is 32.6 Å². The summed E-state index contributed by atoms with van der Waals surface area (Å²) in [7, 11) is 1.26. The third kappa shape index (κ3) is 13.7. The number of ether oxygens (including phenoxy) is 6. The summed E-state index contributed by atoms with van der Waals surface area (Å²) in [6, 6.07) is -1.03. The van der Waals surface area contributed by atoms with E-state index in [1.165, 1.54) is 14.0 Å². The van der Waals surface area contributed by atoms with E-state index in [9.17, 15) is 14.4 Å². The lowest BCUT2D eigenvalue weighted by Crippen LogP contribution is -2.52. The molecule has 240 valence electrons. The highest BCUT2D eigenvalue weighted by Gasteiger charge is 2.54. The Morgan fingerprint density at radius 3 is 2.05 bits per heavy atom. The quantitative estimate of drug-likeness (QED) is 0.0462. The van der Waals surface area contributed by atoms with Crippen molar-refractivity contribution in [1.82, 2.24) is 10.6 Å². The Balaban J connectivity index is 2.69. The SMILES string of the molecule is C#CCOCCOCCOCCOCCNC(=O)O[C@H]1[C@@H]([C@@H](NC(C)=O)C(CC)CC)[C@H](N=C(N)N)C[C@@H]1C(=O)OC. The molecular formula is C28H49N5O9. The molecule has 0 aromatic heterocycles. The highest BCUT2D eigenvalue weighted by atomic mass is 16.6. The Morgan fingerprint density at radius 1 is 0.976 bits per heavy atom. The average Bonchev–Trinajstić information content (AvgIpc) is 3.28. The number of nitrogens with two attached hydrogens (primary N) is 2. The fourth-order valence-corrected chi connectivity index (χ4v) is 5.10. The molecule has 0 unspecified atom stereocenters. The lowest BCUT2D eigenvalue weighted by molar-refractivity contribution is -0.149. The van der Waals surface area contributed by atoms with Crippen molar-refractivity contribution in [2.24, 2.45) is 34.2 Å². The fourth-order valence-electron chi connectivity index (χ4n) is 5.10. The van der Waals surface area contributed by atoms with Gasteiger partial charge in [0.05, 0.1) is 65.3 Å². The standard InChI is InChI=1S/C28H49N5O9/c1-6-10-38-12-14-40-16-17-41-15-13-39-11-9-31-28(36)42-25-21(26(35)37-5)18-22(33-27(29)30)23(25)24(32-19(4)34)20(7-2)8-3/h1,20-25H,7-18H2,2-5H3,(H,31,36)(H,32,34)(H4,29,30,33)/t21-,22+,23+,24-,25+/m0/s1. The van der Waals surface area contributed by atoms with Gasteiger partial charge in [0, 0.05) is 25.4 Å². The number of nitrogens with zero attached hydrogens (tertiary/aromatic N) is 1. The Morgan fingerprint density at radius 2 is 1.55 bits per heavy atom. The second-order valence-corrected chi connectivity index (χ2v) is 9.76. The summed E-state index contributed by atoms with van der Waals surface area (Å²) in [4.78, 5) is 42.1. The van der Waals surface area contributed by atoms with Gasteiger partial charge in [0.15, 0.2) is 5.96 Å². The summed E-state index contributed by atoms with van der Waals surface area (Å²) < 4.78 is 32.2. The summed E-state index contributed by atoms with van der Waals surface area (Å²) in [5, 5.41) is 5.64. The van der Waals surface area contributed by atoms with Crippen molar-refractivity contribution in [2.75, 3.05) is 66.5 Å². The van der Waals surface area contributed by atoms with Gasteiger partial charge in [-0.05, 0) is 12.3 Å². The van der Waals surface area contributed by atoms with Gasteiger partial charge in [-0.15, -0.1) is 6.42 Å². The molecule has 1 aliphatic carbocycles. The number of hydrogen-bond donors (Lipinski definition) is 4. The van der Waals surface area contributed by atoms with Crippen molar-refractivity contribution >= 4 is 23.9 Å². The molecule has 0 bridgehead atoms. The van der Waals surface area contributed by atoms with E-state index in [1.54, 1.807) is 0 Å². The molecule has 1 saturated carbocycles. The summed E-state index contributed by atoms with van der Waals surface area (Å²) in [5.41, 5.74) is 11.4. The van der Waals surface area contributed by atoms with Gasteiger partial charge in [-0.2, -0.15) is 0 Å². The van der Waals surface area contributed by atoms with Crippen LogP contribution in [0.25, 0.3) is 0 Å². The van der Waals surface area contributed by atoms with E-state index in [0.717, 1.165) is 12.8 Å². The van der Waals surface area contributed by atoms with E-state index in [-0.39, 0.29) is 44.0 Å². The van der Waals surface area contributed by atoms with E-state index in [2.05, 4.69) is 21.5 Å². The van der Waals surface area contributed by atoms with Crippen LogP contribution in [-0.2, 0) is 38.0 Å². The molecule has 0 radical (unpaired) electrons. The van der Waals surface area contributed by atoms with Crippen molar-refractivity contribution in [3.63, 3.8) is 0 Å². The average molecular weight is 600 g/mol. The molecule has 1 rings (SSSR count). The van der Waals surface area contributed by atoms with Crippen LogP contribution in [0.15, 0.2) is 4.99 Å². The predicted octanol–water partition coefficient (Wildman–Crippen LogP) is 0.173. The number of amides is 2. The molecule has 42 heavy (non-hydrogen) atoms. The Bertz CT molecular complexity index is 874. The Labute approximate surface area is 248 Å². The number of methoxy groups -OCH3 is 1. The molecule has 1 fully saturated rings. The van der Waals surface area contributed by atoms with Crippen molar-refractivity contribution in [1.29, 1.82) is 0 Å². The first-order valence-corrected chi connectivity index (χ1v) is 14.3. The third-order valence-electron chi connectivity index (χ3n) is 6.94. The molecule has 0 saturated heterocycles. The van der Waals surface area contributed by atoms with E-state index < -0.39 is 42.1 Å². The number of carbonyl (C=O) groups excluding carboxylic acids is 3. The molecule has 5 atom stereocenters. The molecule has 0 aliphatic heterocycles. The second kappa shape index (κ2) is 21.6. The molecule has 14 nitrogen and oxygen atoms in total. The molecule has 14 heteroatoms. The fraction of sp³-hybridized carbons (Fsp3) is 0.786. The number of alkyl carbamates (subject to hydrolysis) is 1. The van der Waals surface area contributed by atoms with Gasteiger partial charge in [0.2, 0.25) is 5.91 Å². The largest absolute Gasteiger partial charge is 0.469 e. The number of guanidine groups is 1. The van der Waals surface area contributed by atoms with Crippen LogP contribution in [-0.4, -0.2) is 109 Å².